The number of hydrogen-bond donors (Lipinski definition) is 2. The number of nitrogens with zero attached hydrogens (tertiary/aromatic N) is 2. The van der Waals surface area contributed by atoms with Crippen LogP contribution in [0.5, 0.6) is 0 Å². The van der Waals surface area contributed by atoms with Gasteiger partial charge in [0.25, 0.3) is 0 Å². The minimum Gasteiger partial charge on any atom is -0.367 e. The Morgan fingerprint density at radius 3 is 2.47 bits per heavy atom. The summed E-state index contributed by atoms with van der Waals surface area (Å²) in [5, 5.41) is 5.48. The molecule has 0 bridgehead atoms. The molecule has 2 N–H and O–H groups in total. The van der Waals surface area contributed by atoms with Crippen molar-refractivity contribution in [2.45, 2.75) is 25.6 Å². The van der Waals surface area contributed by atoms with Gasteiger partial charge in [-0.1, -0.05) is 6.92 Å². The fourth-order valence-electron chi connectivity index (χ4n) is 1.49. The third kappa shape index (κ3) is 2.78. The van der Waals surface area contributed by atoms with Crippen molar-refractivity contribution in [3.05, 3.63) is 11.8 Å². The second-order valence-corrected chi connectivity index (χ2v) is 4.17. The molecule has 17 heavy (non-hydrogen) atoms. The van der Waals surface area contributed by atoms with Gasteiger partial charge in [0.15, 0.2) is 5.69 Å². The van der Waals surface area contributed by atoms with Crippen LogP contribution in [0, 0.1) is 5.92 Å². The van der Waals surface area contributed by atoms with Gasteiger partial charge >= 0.3 is 6.18 Å². The highest BCUT2D eigenvalue weighted by molar-refractivity contribution is 5.44. The summed E-state index contributed by atoms with van der Waals surface area (Å²) >= 11 is 0. The van der Waals surface area contributed by atoms with Crippen LogP contribution in [0.15, 0.2) is 6.07 Å². The van der Waals surface area contributed by atoms with Crippen molar-refractivity contribution in [2.75, 3.05) is 17.7 Å². The summed E-state index contributed by atoms with van der Waals surface area (Å²) in [5.74, 6) is 0.666. The van der Waals surface area contributed by atoms with Crippen LogP contribution in [0.25, 0.3) is 0 Å². The third-order valence-electron chi connectivity index (χ3n) is 2.68. The van der Waals surface area contributed by atoms with Gasteiger partial charge < -0.3 is 10.6 Å². The Morgan fingerprint density at radius 1 is 1.35 bits per heavy atom. The van der Waals surface area contributed by atoms with Gasteiger partial charge in [-0.3, -0.25) is 0 Å². The van der Waals surface area contributed by atoms with Crippen molar-refractivity contribution in [1.29, 1.82) is 0 Å². The third-order valence-corrected chi connectivity index (χ3v) is 2.68. The Bertz CT molecular complexity index is 419. The molecule has 0 spiro atoms. The molecule has 1 aliphatic carbocycles. The fourth-order valence-corrected chi connectivity index (χ4v) is 1.49. The molecule has 1 aliphatic rings. The number of alkyl halides is 3. The van der Waals surface area contributed by atoms with Gasteiger partial charge in [-0.25, -0.2) is 4.98 Å². The van der Waals surface area contributed by atoms with E-state index in [0.29, 0.717) is 5.92 Å². The lowest BCUT2D eigenvalue weighted by molar-refractivity contribution is -0.141. The largest absolute Gasteiger partial charge is 0.433 e. The summed E-state index contributed by atoms with van der Waals surface area (Å²) in [4.78, 5) is 7.33. The van der Waals surface area contributed by atoms with Gasteiger partial charge in [0.05, 0.1) is 0 Å². The Morgan fingerprint density at radius 2 is 2.00 bits per heavy atom. The molecule has 0 aliphatic heterocycles. The second-order valence-electron chi connectivity index (χ2n) is 4.17. The molecule has 1 heterocycles. The number of rotatable bonds is 3. The van der Waals surface area contributed by atoms with Gasteiger partial charge in [-0.05, 0) is 12.3 Å². The van der Waals surface area contributed by atoms with Crippen LogP contribution in [-0.2, 0) is 6.18 Å². The van der Waals surface area contributed by atoms with Crippen molar-refractivity contribution in [1.82, 2.24) is 9.97 Å². The molecule has 4 nitrogen and oxygen atoms in total. The summed E-state index contributed by atoms with van der Waals surface area (Å²) in [7, 11) is 1.49. The van der Waals surface area contributed by atoms with E-state index in [1.165, 1.54) is 7.05 Å². The molecule has 94 valence electrons. The van der Waals surface area contributed by atoms with Crippen molar-refractivity contribution >= 4 is 11.8 Å². The zero-order valence-corrected chi connectivity index (χ0v) is 9.47. The Kier molecular flexibility index (Phi) is 2.84. The highest BCUT2D eigenvalue weighted by Gasteiger charge is 2.36. The number of aromatic nitrogens is 2. The predicted molar refractivity (Wildman–Crippen MR) is 57.8 cm³/mol. The first-order valence-corrected chi connectivity index (χ1v) is 5.30. The molecule has 0 saturated heterocycles. The smallest absolute Gasteiger partial charge is 0.367 e. The first-order chi connectivity index (χ1) is 7.90. The minimum atomic E-state index is -4.46. The van der Waals surface area contributed by atoms with Crippen LogP contribution < -0.4 is 10.6 Å². The molecular weight excluding hydrogens is 233 g/mol. The maximum Gasteiger partial charge on any atom is 0.433 e. The van der Waals surface area contributed by atoms with E-state index < -0.39 is 11.9 Å². The number of anilines is 2. The van der Waals surface area contributed by atoms with E-state index in [-0.39, 0.29) is 17.8 Å². The highest BCUT2D eigenvalue weighted by Crippen LogP contribution is 2.34. The molecular formula is C10H13F3N4. The molecule has 1 fully saturated rings. The summed E-state index contributed by atoms with van der Waals surface area (Å²) in [5.41, 5.74) is -0.937. The van der Waals surface area contributed by atoms with Gasteiger partial charge in [-0.15, -0.1) is 0 Å². The SMILES string of the molecule is CNc1nc(NC2CC2C)cc(C(F)(F)F)n1. The number of halogens is 3. The van der Waals surface area contributed by atoms with Crippen LogP contribution in [0.3, 0.4) is 0 Å². The molecule has 2 rings (SSSR count). The molecule has 1 aromatic rings. The van der Waals surface area contributed by atoms with Crippen LogP contribution in [0.2, 0.25) is 0 Å². The zero-order chi connectivity index (χ0) is 12.6. The molecule has 0 aromatic carbocycles. The lowest BCUT2D eigenvalue weighted by Crippen LogP contribution is -2.14. The summed E-state index contributed by atoms with van der Waals surface area (Å²) in [6, 6.07) is 1.15. The monoisotopic (exact) mass is 246 g/mol. The molecule has 0 radical (unpaired) electrons. The van der Waals surface area contributed by atoms with E-state index in [0.717, 1.165) is 12.5 Å². The molecule has 1 aromatic heterocycles. The minimum absolute atomic E-state index is 0.0318. The molecule has 7 heteroatoms. The predicted octanol–water partition coefficient (Wildman–Crippen LogP) is 2.36. The molecule has 2 unspecified atom stereocenters. The van der Waals surface area contributed by atoms with Gasteiger partial charge in [0.1, 0.15) is 5.82 Å². The Balaban J connectivity index is 2.25. The molecule has 0 amide bonds. The van der Waals surface area contributed by atoms with Crippen molar-refractivity contribution in [3.63, 3.8) is 0 Å². The van der Waals surface area contributed by atoms with Crippen molar-refractivity contribution in [3.8, 4) is 0 Å². The normalized spacial score (nSPS) is 23.4. The summed E-state index contributed by atoms with van der Waals surface area (Å²) in [6.45, 7) is 2.03. The van der Waals surface area contributed by atoms with Gasteiger partial charge in [-0.2, -0.15) is 18.2 Å². The Hall–Kier alpha value is -1.53. The quantitative estimate of drug-likeness (QED) is 0.859. The van der Waals surface area contributed by atoms with Crippen LogP contribution in [0.4, 0.5) is 24.9 Å². The highest BCUT2D eigenvalue weighted by atomic mass is 19.4. The van der Waals surface area contributed by atoms with Gasteiger partial charge in [0, 0.05) is 19.2 Å². The molecule has 1 saturated carbocycles. The van der Waals surface area contributed by atoms with E-state index >= 15 is 0 Å². The standard InChI is InChI=1S/C10H13F3N4/c1-5-3-6(5)15-8-4-7(10(11,12)13)16-9(14-2)17-8/h4-6H,3H2,1-2H3,(H2,14,15,16,17). The first-order valence-electron chi connectivity index (χ1n) is 5.30. The average Bonchev–Trinajstić information content (AvgIpc) is 2.92. The zero-order valence-electron chi connectivity index (χ0n) is 9.47. The maximum atomic E-state index is 12.6. The lowest BCUT2D eigenvalue weighted by atomic mass is 10.3. The topological polar surface area (TPSA) is 49.8 Å². The second kappa shape index (κ2) is 4.05. The van der Waals surface area contributed by atoms with E-state index in [1.807, 2.05) is 6.92 Å². The van der Waals surface area contributed by atoms with Gasteiger partial charge in [0.2, 0.25) is 5.95 Å². The number of hydrogen-bond acceptors (Lipinski definition) is 4. The Labute approximate surface area is 96.7 Å². The average molecular weight is 246 g/mol. The van der Waals surface area contributed by atoms with E-state index in [2.05, 4.69) is 20.6 Å². The van der Waals surface area contributed by atoms with Crippen molar-refractivity contribution < 1.29 is 13.2 Å². The van der Waals surface area contributed by atoms with E-state index in [9.17, 15) is 13.2 Å². The lowest BCUT2D eigenvalue weighted by Gasteiger charge is -2.11. The van der Waals surface area contributed by atoms with Crippen LogP contribution >= 0.6 is 0 Å². The van der Waals surface area contributed by atoms with Crippen LogP contribution in [0.1, 0.15) is 19.0 Å². The number of nitrogens with one attached hydrogen (secondary N) is 2. The van der Waals surface area contributed by atoms with E-state index in [1.54, 1.807) is 0 Å². The first kappa shape index (κ1) is 11.9. The maximum absolute atomic E-state index is 12.6. The van der Waals surface area contributed by atoms with Crippen LogP contribution in [-0.4, -0.2) is 23.1 Å². The summed E-state index contributed by atoms with van der Waals surface area (Å²) in [6.07, 6.45) is -3.50. The van der Waals surface area contributed by atoms with E-state index in [4.69, 9.17) is 0 Å². The van der Waals surface area contributed by atoms with Crippen molar-refractivity contribution in [2.24, 2.45) is 5.92 Å². The summed E-state index contributed by atoms with van der Waals surface area (Å²) < 4.78 is 37.7. The fraction of sp³-hybridized carbons (Fsp3) is 0.600. The molecule has 2 atom stereocenters.